The number of nitrogens with two attached hydrogens (primary N) is 1. The predicted molar refractivity (Wildman–Crippen MR) is 73.1 cm³/mol. The average molecular weight is 335 g/mol. The van der Waals surface area contributed by atoms with E-state index in [0.717, 1.165) is 9.35 Å². The summed E-state index contributed by atoms with van der Waals surface area (Å²) in [6.07, 6.45) is 0. The van der Waals surface area contributed by atoms with Gasteiger partial charge in [-0.3, -0.25) is 4.79 Å². The van der Waals surface area contributed by atoms with Gasteiger partial charge in [0.05, 0.1) is 13.2 Å². The number of amides is 1. The molecule has 1 atom stereocenters. The number of carbonyl (C=O) groups excluding carboxylic acids is 2. The molecule has 0 saturated carbocycles. The molecule has 100 valence electrons. The molecule has 0 aliphatic carbocycles. The molecular formula is C11H15BrN2O3S. The fourth-order valence-electron chi connectivity index (χ4n) is 1.32. The van der Waals surface area contributed by atoms with Crippen molar-refractivity contribution in [2.75, 3.05) is 13.7 Å². The van der Waals surface area contributed by atoms with Crippen molar-refractivity contribution in [2.24, 2.45) is 5.73 Å². The highest BCUT2D eigenvalue weighted by Crippen LogP contribution is 2.20. The maximum absolute atomic E-state index is 11.9. The number of hydrogen-bond acceptors (Lipinski definition) is 5. The van der Waals surface area contributed by atoms with Crippen LogP contribution in [0.15, 0.2) is 15.9 Å². The maximum Gasteiger partial charge on any atom is 0.332 e. The summed E-state index contributed by atoms with van der Waals surface area (Å²) in [5.74, 6) is -1.14. The van der Waals surface area contributed by atoms with E-state index >= 15 is 0 Å². The fourth-order valence-corrected chi connectivity index (χ4v) is 2.82. The third kappa shape index (κ3) is 4.08. The fraction of sp³-hybridized carbons (Fsp3) is 0.455. The molecule has 0 aliphatic rings. The molecule has 0 aromatic carbocycles. The number of rotatable bonds is 5. The van der Waals surface area contributed by atoms with Gasteiger partial charge in [-0.15, -0.1) is 11.3 Å². The lowest BCUT2D eigenvalue weighted by molar-refractivity contribution is -0.150. The summed E-state index contributed by atoms with van der Waals surface area (Å²) in [5.41, 5.74) is 5.53. The van der Waals surface area contributed by atoms with Crippen LogP contribution in [0.5, 0.6) is 0 Å². The molecule has 18 heavy (non-hydrogen) atoms. The Bertz CT molecular complexity index is 436. The van der Waals surface area contributed by atoms with Crippen molar-refractivity contribution >= 4 is 39.1 Å². The number of hydrogen-bond donors (Lipinski definition) is 1. The van der Waals surface area contributed by atoms with Crippen molar-refractivity contribution in [1.29, 1.82) is 0 Å². The Kier molecular flexibility index (Phi) is 5.77. The molecule has 1 heterocycles. The zero-order chi connectivity index (χ0) is 13.7. The van der Waals surface area contributed by atoms with E-state index < -0.39 is 17.9 Å². The van der Waals surface area contributed by atoms with Crippen LogP contribution in [0.1, 0.15) is 11.8 Å². The molecular weight excluding hydrogens is 320 g/mol. The molecule has 7 heteroatoms. The summed E-state index contributed by atoms with van der Waals surface area (Å²) >= 11 is 4.87. The number of esters is 1. The Labute approximate surface area is 118 Å². The van der Waals surface area contributed by atoms with Crippen LogP contribution in [-0.2, 0) is 20.9 Å². The van der Waals surface area contributed by atoms with Crippen molar-refractivity contribution in [3.05, 3.63) is 20.8 Å². The number of likely N-dealkylation sites (N-methyl/N-ethyl adjacent to an activating group) is 1. The van der Waals surface area contributed by atoms with Crippen molar-refractivity contribution in [3.63, 3.8) is 0 Å². The smallest absolute Gasteiger partial charge is 0.332 e. The van der Waals surface area contributed by atoms with Crippen LogP contribution in [0.4, 0.5) is 0 Å². The maximum atomic E-state index is 11.9. The van der Waals surface area contributed by atoms with Crippen LogP contribution in [0, 0.1) is 0 Å². The zero-order valence-corrected chi connectivity index (χ0v) is 12.6. The van der Waals surface area contributed by atoms with E-state index in [9.17, 15) is 9.59 Å². The summed E-state index contributed by atoms with van der Waals surface area (Å²) in [6, 6.07) is 0.669. The standard InChI is InChI=1S/C11H15BrN2O3S/c1-3-17-11(16)9(13)10(15)14(2)5-8-4-7(12)6-18-8/h4,6,9H,3,5,13H2,1-2H3. The first-order valence-electron chi connectivity index (χ1n) is 5.35. The van der Waals surface area contributed by atoms with Crippen LogP contribution in [0.2, 0.25) is 0 Å². The molecule has 0 spiro atoms. The molecule has 1 aromatic rings. The van der Waals surface area contributed by atoms with Gasteiger partial charge in [-0.1, -0.05) is 0 Å². The lowest BCUT2D eigenvalue weighted by atomic mass is 10.2. The second-order valence-electron chi connectivity index (χ2n) is 3.66. The van der Waals surface area contributed by atoms with Crippen LogP contribution in [0.3, 0.4) is 0 Å². The van der Waals surface area contributed by atoms with Crippen LogP contribution in [-0.4, -0.2) is 36.5 Å². The Hall–Kier alpha value is -0.920. The van der Waals surface area contributed by atoms with E-state index in [1.807, 2.05) is 11.4 Å². The monoisotopic (exact) mass is 334 g/mol. The minimum atomic E-state index is -1.25. The summed E-state index contributed by atoms with van der Waals surface area (Å²) < 4.78 is 5.68. The molecule has 1 amide bonds. The van der Waals surface area contributed by atoms with Gasteiger partial charge >= 0.3 is 5.97 Å². The first-order valence-corrected chi connectivity index (χ1v) is 7.03. The SMILES string of the molecule is CCOC(=O)C(N)C(=O)N(C)Cc1cc(Br)cs1. The number of ether oxygens (including phenoxy) is 1. The van der Waals surface area contributed by atoms with Gasteiger partial charge in [0.15, 0.2) is 6.04 Å². The zero-order valence-electron chi connectivity index (χ0n) is 10.2. The number of halogens is 1. The van der Waals surface area contributed by atoms with Crippen molar-refractivity contribution < 1.29 is 14.3 Å². The number of nitrogens with zero attached hydrogens (tertiary/aromatic N) is 1. The van der Waals surface area contributed by atoms with Crippen LogP contribution < -0.4 is 5.73 Å². The Morgan fingerprint density at radius 2 is 2.28 bits per heavy atom. The Balaban J connectivity index is 2.58. The van der Waals surface area contributed by atoms with Crippen molar-refractivity contribution in [1.82, 2.24) is 4.90 Å². The lowest BCUT2D eigenvalue weighted by Crippen LogP contribution is -2.47. The van der Waals surface area contributed by atoms with Gasteiger partial charge in [-0.25, -0.2) is 4.79 Å². The van der Waals surface area contributed by atoms with Crippen molar-refractivity contribution in [3.8, 4) is 0 Å². The third-order valence-electron chi connectivity index (χ3n) is 2.20. The summed E-state index contributed by atoms with van der Waals surface area (Å²) in [4.78, 5) is 25.6. The Morgan fingerprint density at radius 1 is 1.61 bits per heavy atom. The minimum Gasteiger partial charge on any atom is -0.464 e. The number of carbonyl (C=O) groups is 2. The second kappa shape index (κ2) is 6.86. The van der Waals surface area contributed by atoms with Gasteiger partial charge in [0, 0.05) is 21.8 Å². The van der Waals surface area contributed by atoms with Gasteiger partial charge in [0.2, 0.25) is 0 Å². The molecule has 2 N–H and O–H groups in total. The topological polar surface area (TPSA) is 72.6 Å². The molecule has 0 fully saturated rings. The first-order chi connectivity index (χ1) is 8.45. The van der Waals surface area contributed by atoms with E-state index in [2.05, 4.69) is 15.9 Å². The van der Waals surface area contributed by atoms with Crippen LogP contribution in [0.25, 0.3) is 0 Å². The number of thiophene rings is 1. The third-order valence-corrected chi connectivity index (χ3v) is 3.88. The quantitative estimate of drug-likeness (QED) is 0.651. The molecule has 1 rings (SSSR count). The van der Waals surface area contributed by atoms with E-state index in [1.54, 1.807) is 14.0 Å². The van der Waals surface area contributed by atoms with Gasteiger partial charge in [-0.05, 0) is 28.9 Å². The van der Waals surface area contributed by atoms with Gasteiger partial charge < -0.3 is 15.4 Å². The molecule has 0 bridgehead atoms. The highest BCUT2D eigenvalue weighted by atomic mass is 79.9. The molecule has 5 nitrogen and oxygen atoms in total. The largest absolute Gasteiger partial charge is 0.464 e. The average Bonchev–Trinajstić information content (AvgIpc) is 2.73. The lowest BCUT2D eigenvalue weighted by Gasteiger charge is -2.19. The summed E-state index contributed by atoms with van der Waals surface area (Å²) in [7, 11) is 1.61. The van der Waals surface area contributed by atoms with E-state index in [1.165, 1.54) is 16.2 Å². The summed E-state index contributed by atoms with van der Waals surface area (Å²) in [5, 5.41) is 1.93. The Morgan fingerprint density at radius 3 is 2.78 bits per heavy atom. The second-order valence-corrected chi connectivity index (χ2v) is 5.57. The predicted octanol–water partition coefficient (Wildman–Crippen LogP) is 1.36. The molecule has 0 aliphatic heterocycles. The first kappa shape index (κ1) is 15.1. The highest BCUT2D eigenvalue weighted by Gasteiger charge is 2.26. The molecule has 0 saturated heterocycles. The highest BCUT2D eigenvalue weighted by molar-refractivity contribution is 9.10. The van der Waals surface area contributed by atoms with E-state index in [0.29, 0.717) is 6.54 Å². The van der Waals surface area contributed by atoms with Crippen LogP contribution >= 0.6 is 27.3 Å². The van der Waals surface area contributed by atoms with E-state index in [4.69, 9.17) is 10.5 Å². The van der Waals surface area contributed by atoms with Gasteiger partial charge in [0.25, 0.3) is 5.91 Å². The van der Waals surface area contributed by atoms with Gasteiger partial charge in [-0.2, -0.15) is 0 Å². The summed E-state index contributed by atoms with van der Waals surface area (Å²) in [6.45, 7) is 2.30. The molecule has 1 unspecified atom stereocenters. The minimum absolute atomic E-state index is 0.210. The van der Waals surface area contributed by atoms with Crippen molar-refractivity contribution in [2.45, 2.75) is 19.5 Å². The molecule has 0 radical (unpaired) electrons. The molecule has 1 aromatic heterocycles. The van der Waals surface area contributed by atoms with Gasteiger partial charge in [0.1, 0.15) is 0 Å². The normalized spacial score (nSPS) is 12.0. The van der Waals surface area contributed by atoms with E-state index in [-0.39, 0.29) is 6.61 Å².